The van der Waals surface area contributed by atoms with E-state index >= 15 is 0 Å². The number of rotatable bonds is 5. The predicted molar refractivity (Wildman–Crippen MR) is 38.6 cm³/mol. The summed E-state index contributed by atoms with van der Waals surface area (Å²) in [4.78, 5) is 0. The summed E-state index contributed by atoms with van der Waals surface area (Å²) >= 11 is 0. The highest BCUT2D eigenvalue weighted by Crippen LogP contribution is 2.06. The lowest BCUT2D eigenvalue weighted by molar-refractivity contribution is 0.0797. The normalized spacial score (nSPS) is 16.8. The average Bonchev–Trinajstić information content (AvgIpc) is 1.99. The zero-order chi connectivity index (χ0) is 7.98. The Balaban J connectivity index is 3.17. The molecule has 0 radical (unpaired) electrons. The maximum absolute atomic E-state index is 8.87. The topological polar surface area (TPSA) is 60.7 Å². The quantitative estimate of drug-likeness (QED) is 0.504. The summed E-state index contributed by atoms with van der Waals surface area (Å²) in [7, 11) is 0. The molecule has 0 aromatic rings. The van der Waals surface area contributed by atoms with Crippen LogP contribution in [0.1, 0.15) is 19.8 Å². The van der Waals surface area contributed by atoms with E-state index in [1.807, 2.05) is 6.92 Å². The van der Waals surface area contributed by atoms with Gasteiger partial charge in [-0.25, -0.2) is 0 Å². The molecule has 0 amide bonds. The zero-order valence-corrected chi connectivity index (χ0v) is 6.32. The second kappa shape index (κ2) is 5.65. The van der Waals surface area contributed by atoms with Crippen LogP contribution >= 0.6 is 0 Å². The van der Waals surface area contributed by atoms with Crippen LogP contribution in [0, 0.1) is 5.92 Å². The molecule has 62 valence electrons. The lowest BCUT2D eigenvalue weighted by atomic mass is 10.0. The monoisotopic (exact) mass is 148 g/mol. The van der Waals surface area contributed by atoms with Gasteiger partial charge < -0.3 is 15.3 Å². The molecular weight excluding hydrogens is 132 g/mol. The third kappa shape index (κ3) is 4.73. The van der Waals surface area contributed by atoms with Gasteiger partial charge in [0, 0.05) is 6.61 Å². The standard InChI is InChI=1S/C7H16O3/c1-6(4-8)2-3-7(10)5-9/h6-10H,2-5H2,1H3. The van der Waals surface area contributed by atoms with Crippen molar-refractivity contribution in [3.8, 4) is 0 Å². The van der Waals surface area contributed by atoms with Gasteiger partial charge in [-0.2, -0.15) is 0 Å². The molecule has 0 bridgehead atoms. The highest BCUT2D eigenvalue weighted by molar-refractivity contribution is 4.56. The minimum absolute atomic E-state index is 0.151. The predicted octanol–water partition coefficient (Wildman–Crippen LogP) is -0.252. The third-order valence-corrected chi connectivity index (χ3v) is 1.52. The van der Waals surface area contributed by atoms with E-state index in [4.69, 9.17) is 15.3 Å². The Morgan fingerprint density at radius 1 is 1.10 bits per heavy atom. The van der Waals surface area contributed by atoms with Crippen LogP contribution in [-0.2, 0) is 0 Å². The molecule has 2 unspecified atom stereocenters. The molecule has 10 heavy (non-hydrogen) atoms. The number of aliphatic hydroxyl groups excluding tert-OH is 3. The fourth-order valence-corrected chi connectivity index (χ4v) is 0.659. The van der Waals surface area contributed by atoms with Crippen LogP contribution in [0.2, 0.25) is 0 Å². The molecule has 3 N–H and O–H groups in total. The van der Waals surface area contributed by atoms with Crippen LogP contribution < -0.4 is 0 Å². The lowest BCUT2D eigenvalue weighted by Gasteiger charge is -2.09. The Labute approximate surface area is 61.3 Å². The first kappa shape index (κ1) is 9.88. The van der Waals surface area contributed by atoms with Gasteiger partial charge in [0.05, 0.1) is 12.7 Å². The van der Waals surface area contributed by atoms with Crippen molar-refractivity contribution in [2.75, 3.05) is 13.2 Å². The molecule has 0 fully saturated rings. The zero-order valence-electron chi connectivity index (χ0n) is 6.32. The van der Waals surface area contributed by atoms with Gasteiger partial charge in [0.1, 0.15) is 0 Å². The highest BCUT2D eigenvalue weighted by atomic mass is 16.3. The molecule has 0 aliphatic carbocycles. The van der Waals surface area contributed by atoms with Crippen LogP contribution in [0.3, 0.4) is 0 Å². The lowest BCUT2D eigenvalue weighted by Crippen LogP contribution is -2.14. The van der Waals surface area contributed by atoms with Gasteiger partial charge in [0.2, 0.25) is 0 Å². The fraction of sp³-hybridized carbons (Fsp3) is 1.00. The first-order valence-corrected chi connectivity index (χ1v) is 3.60. The molecule has 0 rings (SSSR count). The highest BCUT2D eigenvalue weighted by Gasteiger charge is 2.05. The fourth-order valence-electron chi connectivity index (χ4n) is 0.659. The summed E-state index contributed by atoms with van der Waals surface area (Å²) < 4.78 is 0. The number of hydrogen-bond acceptors (Lipinski definition) is 3. The summed E-state index contributed by atoms with van der Waals surface area (Å²) in [5.41, 5.74) is 0. The summed E-state index contributed by atoms with van der Waals surface area (Å²) in [5, 5.41) is 25.9. The van der Waals surface area contributed by atoms with Gasteiger partial charge in [0.25, 0.3) is 0 Å². The van der Waals surface area contributed by atoms with Crippen molar-refractivity contribution in [2.24, 2.45) is 5.92 Å². The van der Waals surface area contributed by atoms with E-state index in [1.54, 1.807) is 0 Å². The molecule has 2 atom stereocenters. The minimum Gasteiger partial charge on any atom is -0.396 e. The largest absolute Gasteiger partial charge is 0.396 e. The van der Waals surface area contributed by atoms with E-state index in [-0.39, 0.29) is 19.1 Å². The molecule has 0 aromatic heterocycles. The minimum atomic E-state index is -0.617. The van der Waals surface area contributed by atoms with Gasteiger partial charge in [0.15, 0.2) is 0 Å². The molecular formula is C7H16O3. The van der Waals surface area contributed by atoms with Crippen LogP contribution in [0.5, 0.6) is 0 Å². The van der Waals surface area contributed by atoms with Gasteiger partial charge in [-0.15, -0.1) is 0 Å². The Hall–Kier alpha value is -0.120. The Morgan fingerprint density at radius 3 is 2.10 bits per heavy atom. The van der Waals surface area contributed by atoms with Crippen LogP contribution in [-0.4, -0.2) is 34.6 Å². The molecule has 0 saturated heterocycles. The summed E-state index contributed by atoms with van der Waals surface area (Å²) in [6, 6.07) is 0. The van der Waals surface area contributed by atoms with E-state index in [1.165, 1.54) is 0 Å². The Kier molecular flexibility index (Phi) is 5.58. The van der Waals surface area contributed by atoms with Crippen molar-refractivity contribution in [3.63, 3.8) is 0 Å². The van der Waals surface area contributed by atoms with E-state index in [0.29, 0.717) is 6.42 Å². The van der Waals surface area contributed by atoms with E-state index < -0.39 is 6.10 Å². The van der Waals surface area contributed by atoms with Gasteiger partial charge in [-0.05, 0) is 18.8 Å². The van der Waals surface area contributed by atoms with Crippen LogP contribution in [0.15, 0.2) is 0 Å². The number of hydrogen-bond donors (Lipinski definition) is 3. The Bertz CT molecular complexity index is 65.3. The van der Waals surface area contributed by atoms with Crippen LogP contribution in [0.4, 0.5) is 0 Å². The molecule has 0 heterocycles. The first-order chi connectivity index (χ1) is 4.70. The summed E-state index contributed by atoms with van der Waals surface area (Å²) in [6.45, 7) is 1.88. The molecule has 0 spiro atoms. The Morgan fingerprint density at radius 2 is 1.70 bits per heavy atom. The molecule has 3 heteroatoms. The van der Waals surface area contributed by atoms with Gasteiger partial charge >= 0.3 is 0 Å². The second-order valence-corrected chi connectivity index (χ2v) is 2.70. The van der Waals surface area contributed by atoms with Gasteiger partial charge in [-0.3, -0.25) is 0 Å². The van der Waals surface area contributed by atoms with Crippen molar-refractivity contribution in [2.45, 2.75) is 25.9 Å². The van der Waals surface area contributed by atoms with Crippen LogP contribution in [0.25, 0.3) is 0 Å². The maximum atomic E-state index is 8.87. The number of aliphatic hydroxyl groups is 3. The first-order valence-electron chi connectivity index (χ1n) is 3.60. The summed E-state index contributed by atoms with van der Waals surface area (Å²) in [6.07, 6.45) is 0.713. The third-order valence-electron chi connectivity index (χ3n) is 1.52. The summed E-state index contributed by atoms with van der Waals surface area (Å²) in [5.74, 6) is 0.223. The SMILES string of the molecule is CC(CO)CCC(O)CO. The smallest absolute Gasteiger partial charge is 0.0771 e. The maximum Gasteiger partial charge on any atom is 0.0771 e. The van der Waals surface area contributed by atoms with Crippen molar-refractivity contribution in [1.29, 1.82) is 0 Å². The molecule has 0 aromatic carbocycles. The molecule has 0 aliphatic heterocycles. The molecule has 0 aliphatic rings. The van der Waals surface area contributed by atoms with Crippen molar-refractivity contribution >= 4 is 0 Å². The molecule has 0 saturated carbocycles. The van der Waals surface area contributed by atoms with Crippen molar-refractivity contribution in [3.05, 3.63) is 0 Å². The van der Waals surface area contributed by atoms with Gasteiger partial charge in [-0.1, -0.05) is 6.92 Å². The van der Waals surface area contributed by atoms with E-state index in [9.17, 15) is 0 Å². The van der Waals surface area contributed by atoms with Crippen molar-refractivity contribution < 1.29 is 15.3 Å². The molecule has 3 nitrogen and oxygen atoms in total. The average molecular weight is 148 g/mol. The second-order valence-electron chi connectivity index (χ2n) is 2.70. The van der Waals surface area contributed by atoms with E-state index in [2.05, 4.69) is 0 Å². The van der Waals surface area contributed by atoms with Crippen molar-refractivity contribution in [1.82, 2.24) is 0 Å². The van der Waals surface area contributed by atoms with E-state index in [0.717, 1.165) is 6.42 Å².